The van der Waals surface area contributed by atoms with Crippen molar-refractivity contribution in [2.45, 2.75) is 33.2 Å². The number of thiophene rings is 1. The van der Waals surface area contributed by atoms with Gasteiger partial charge in [0.2, 0.25) is 5.91 Å². The van der Waals surface area contributed by atoms with Crippen LogP contribution in [0.4, 0.5) is 0 Å². The molecule has 1 aromatic heterocycles. The first-order valence-corrected chi connectivity index (χ1v) is 13.2. The Kier molecular flexibility index (Phi) is 8.14. The number of ether oxygens (including phenoxy) is 1. The average molecular weight is 511 g/mol. The molecule has 0 spiro atoms. The number of carbonyl (C=O) groups excluding carboxylic acids is 2. The fourth-order valence-corrected chi connectivity index (χ4v) is 5.52. The van der Waals surface area contributed by atoms with Crippen molar-refractivity contribution in [2.24, 2.45) is 5.92 Å². The zero-order chi connectivity index (χ0) is 24.9. The van der Waals surface area contributed by atoms with Crippen LogP contribution >= 0.6 is 22.9 Å². The summed E-state index contributed by atoms with van der Waals surface area (Å²) in [5.41, 5.74) is 2.80. The third kappa shape index (κ3) is 6.24. The van der Waals surface area contributed by atoms with Gasteiger partial charge in [-0.1, -0.05) is 49.2 Å². The lowest BCUT2D eigenvalue weighted by Gasteiger charge is -2.37. The second-order valence-electron chi connectivity index (χ2n) is 9.37. The number of hydrogen-bond acceptors (Lipinski definition) is 4. The van der Waals surface area contributed by atoms with Crippen LogP contribution in [0.2, 0.25) is 5.02 Å². The molecule has 1 aliphatic rings. The van der Waals surface area contributed by atoms with E-state index in [0.29, 0.717) is 30.3 Å². The summed E-state index contributed by atoms with van der Waals surface area (Å²) >= 11 is 7.84. The molecule has 0 fully saturated rings. The average Bonchev–Trinajstić information content (AvgIpc) is 3.31. The molecular weight excluding hydrogens is 480 g/mol. The minimum absolute atomic E-state index is 0.0179. The van der Waals surface area contributed by atoms with Crippen molar-refractivity contribution in [1.29, 1.82) is 0 Å². The first kappa shape index (κ1) is 25.3. The van der Waals surface area contributed by atoms with Crippen LogP contribution in [0.15, 0.2) is 60.0 Å². The van der Waals surface area contributed by atoms with Crippen molar-refractivity contribution < 1.29 is 14.3 Å². The summed E-state index contributed by atoms with van der Waals surface area (Å²) in [6, 6.07) is 16.7. The molecule has 3 aromatic rings. The van der Waals surface area contributed by atoms with Gasteiger partial charge in [0.25, 0.3) is 5.91 Å². The molecule has 0 bridgehead atoms. The monoisotopic (exact) mass is 510 g/mol. The van der Waals surface area contributed by atoms with Crippen LogP contribution in [0.3, 0.4) is 0 Å². The Morgan fingerprint density at radius 1 is 1.17 bits per heavy atom. The molecule has 184 valence electrons. The molecule has 2 heterocycles. The molecule has 0 saturated carbocycles. The SMILES string of the molecule is Cc1ccc(OCC2c3ccsc3CCN2C(=O)CN(CC(C)C)C(=O)c2cccc(Cl)c2)cc1. The standard InChI is InChI=1S/C28H31ClN2O3S/c1-19(2)16-30(28(33)21-5-4-6-22(29)15-21)17-27(32)31-13-11-26-24(12-14-35-26)25(31)18-34-23-9-7-20(3)8-10-23/h4-10,12,14-15,19,25H,11,13,16-18H2,1-3H3. The van der Waals surface area contributed by atoms with Crippen LogP contribution in [0.25, 0.3) is 0 Å². The second-order valence-corrected chi connectivity index (χ2v) is 10.8. The lowest BCUT2D eigenvalue weighted by molar-refractivity contribution is -0.135. The summed E-state index contributed by atoms with van der Waals surface area (Å²) < 4.78 is 6.12. The third-order valence-electron chi connectivity index (χ3n) is 6.11. The maximum absolute atomic E-state index is 13.6. The van der Waals surface area contributed by atoms with Gasteiger partial charge in [0.1, 0.15) is 18.9 Å². The molecule has 0 aliphatic carbocycles. The van der Waals surface area contributed by atoms with E-state index in [2.05, 4.69) is 11.4 Å². The molecule has 2 amide bonds. The van der Waals surface area contributed by atoms with Crippen molar-refractivity contribution in [3.05, 3.63) is 86.6 Å². The van der Waals surface area contributed by atoms with E-state index in [1.807, 2.05) is 49.9 Å². The predicted molar refractivity (Wildman–Crippen MR) is 141 cm³/mol. The van der Waals surface area contributed by atoms with E-state index in [4.69, 9.17) is 16.3 Å². The molecule has 1 unspecified atom stereocenters. The molecule has 0 N–H and O–H groups in total. The maximum atomic E-state index is 13.6. The van der Waals surface area contributed by atoms with Gasteiger partial charge in [0, 0.05) is 28.6 Å². The topological polar surface area (TPSA) is 49.9 Å². The van der Waals surface area contributed by atoms with Crippen LogP contribution in [-0.2, 0) is 11.2 Å². The van der Waals surface area contributed by atoms with E-state index in [0.717, 1.165) is 17.7 Å². The normalized spacial score (nSPS) is 15.1. The van der Waals surface area contributed by atoms with Gasteiger partial charge in [-0.3, -0.25) is 9.59 Å². The Morgan fingerprint density at radius 3 is 2.66 bits per heavy atom. The first-order valence-electron chi connectivity index (χ1n) is 11.9. The van der Waals surface area contributed by atoms with E-state index in [9.17, 15) is 9.59 Å². The molecular formula is C28H31ClN2O3S. The first-order chi connectivity index (χ1) is 16.8. The quantitative estimate of drug-likeness (QED) is 0.372. The number of fused-ring (bicyclic) bond motifs is 1. The molecule has 0 saturated heterocycles. The van der Waals surface area contributed by atoms with Gasteiger partial charge >= 0.3 is 0 Å². The summed E-state index contributed by atoms with van der Waals surface area (Å²) in [5.74, 6) is 0.741. The van der Waals surface area contributed by atoms with Crippen LogP contribution in [0, 0.1) is 12.8 Å². The maximum Gasteiger partial charge on any atom is 0.254 e. The number of carbonyl (C=O) groups is 2. The number of benzene rings is 2. The highest BCUT2D eigenvalue weighted by atomic mass is 35.5. The Bertz CT molecular complexity index is 1170. The van der Waals surface area contributed by atoms with Crippen LogP contribution < -0.4 is 4.74 Å². The minimum Gasteiger partial charge on any atom is -0.491 e. The largest absolute Gasteiger partial charge is 0.491 e. The van der Waals surface area contributed by atoms with Crippen molar-refractivity contribution in [3.63, 3.8) is 0 Å². The molecule has 4 rings (SSSR count). The predicted octanol–water partition coefficient (Wildman–Crippen LogP) is 6.01. The third-order valence-corrected chi connectivity index (χ3v) is 7.35. The molecule has 5 nitrogen and oxygen atoms in total. The molecule has 7 heteroatoms. The highest BCUT2D eigenvalue weighted by Gasteiger charge is 2.33. The highest BCUT2D eigenvalue weighted by molar-refractivity contribution is 7.10. The van der Waals surface area contributed by atoms with Crippen LogP contribution in [0.5, 0.6) is 5.75 Å². The number of aryl methyl sites for hydroxylation is 1. The van der Waals surface area contributed by atoms with E-state index in [1.165, 1.54) is 10.4 Å². The molecule has 1 aliphatic heterocycles. The molecule has 0 radical (unpaired) electrons. The van der Waals surface area contributed by atoms with Crippen LogP contribution in [-0.4, -0.2) is 47.9 Å². The number of halogens is 1. The Hall–Kier alpha value is -2.83. The number of rotatable bonds is 8. The lowest BCUT2D eigenvalue weighted by atomic mass is 10.00. The highest BCUT2D eigenvalue weighted by Crippen LogP contribution is 2.34. The van der Waals surface area contributed by atoms with Crippen molar-refractivity contribution in [3.8, 4) is 5.75 Å². The smallest absolute Gasteiger partial charge is 0.254 e. The Morgan fingerprint density at radius 2 is 1.94 bits per heavy atom. The fourth-order valence-electron chi connectivity index (χ4n) is 4.40. The fraction of sp³-hybridized carbons (Fsp3) is 0.357. The van der Waals surface area contributed by atoms with E-state index >= 15 is 0 Å². The minimum atomic E-state index is -0.194. The number of nitrogens with zero attached hydrogens (tertiary/aromatic N) is 2. The van der Waals surface area contributed by atoms with Crippen molar-refractivity contribution in [1.82, 2.24) is 9.80 Å². The Balaban J connectivity index is 1.53. The van der Waals surface area contributed by atoms with E-state index in [-0.39, 0.29) is 30.3 Å². The summed E-state index contributed by atoms with van der Waals surface area (Å²) in [7, 11) is 0. The summed E-state index contributed by atoms with van der Waals surface area (Å²) in [6.07, 6.45) is 0.812. The summed E-state index contributed by atoms with van der Waals surface area (Å²) in [6.45, 7) is 7.60. The van der Waals surface area contributed by atoms with Gasteiger partial charge in [0.15, 0.2) is 0 Å². The van der Waals surface area contributed by atoms with Gasteiger partial charge in [0.05, 0.1) is 6.04 Å². The van der Waals surface area contributed by atoms with E-state index < -0.39 is 0 Å². The summed E-state index contributed by atoms with van der Waals surface area (Å²) in [5, 5.41) is 2.58. The van der Waals surface area contributed by atoms with Gasteiger partial charge in [-0.2, -0.15) is 0 Å². The summed E-state index contributed by atoms with van der Waals surface area (Å²) in [4.78, 5) is 31.8. The van der Waals surface area contributed by atoms with Gasteiger partial charge in [-0.15, -0.1) is 11.3 Å². The van der Waals surface area contributed by atoms with Crippen molar-refractivity contribution >= 4 is 34.8 Å². The van der Waals surface area contributed by atoms with Gasteiger partial charge in [-0.05, 0) is 66.6 Å². The zero-order valence-corrected chi connectivity index (χ0v) is 21.9. The van der Waals surface area contributed by atoms with Crippen LogP contribution in [0.1, 0.15) is 46.3 Å². The molecule has 1 atom stereocenters. The Labute approximate surface area is 216 Å². The number of amides is 2. The molecule has 35 heavy (non-hydrogen) atoms. The molecule has 2 aromatic carbocycles. The van der Waals surface area contributed by atoms with E-state index in [1.54, 1.807) is 40.5 Å². The zero-order valence-electron chi connectivity index (χ0n) is 20.4. The lowest BCUT2D eigenvalue weighted by Crippen LogP contribution is -2.48. The number of hydrogen-bond donors (Lipinski definition) is 0. The van der Waals surface area contributed by atoms with Gasteiger partial charge in [-0.25, -0.2) is 0 Å². The van der Waals surface area contributed by atoms with Crippen molar-refractivity contribution in [2.75, 3.05) is 26.2 Å². The van der Waals surface area contributed by atoms with Gasteiger partial charge < -0.3 is 14.5 Å². The second kappa shape index (κ2) is 11.3.